The van der Waals surface area contributed by atoms with Crippen molar-refractivity contribution in [1.29, 1.82) is 0 Å². The fraction of sp³-hybridized carbons (Fsp3) is 0.125. The Balaban J connectivity index is 1.80. The molecule has 0 aliphatic heterocycles. The van der Waals surface area contributed by atoms with Gasteiger partial charge in [0.1, 0.15) is 0 Å². The molecule has 31 heavy (non-hydrogen) atoms. The molecule has 0 radical (unpaired) electrons. The minimum absolute atomic E-state index is 0.0819. The molecule has 4 aromatic rings. The lowest BCUT2D eigenvalue weighted by atomic mass is 10.1. The SMILES string of the molecule is Cc1cc(C(N)=O)ccc1-n1c(CCC(=O)[O-])ccc1-c1ccc(-n2ccnc2)cc1. The average molecular weight is 413 g/mol. The molecule has 0 saturated heterocycles. The number of imidazole rings is 1. The van der Waals surface area contributed by atoms with Crippen LogP contribution in [0.2, 0.25) is 0 Å². The van der Waals surface area contributed by atoms with Crippen LogP contribution < -0.4 is 10.8 Å². The Labute approximate surface area is 179 Å². The molecule has 0 spiro atoms. The van der Waals surface area contributed by atoms with Crippen LogP contribution in [0.25, 0.3) is 22.6 Å². The Morgan fingerprint density at radius 1 is 1.06 bits per heavy atom. The molecule has 1 amide bonds. The Morgan fingerprint density at radius 3 is 2.45 bits per heavy atom. The van der Waals surface area contributed by atoms with Gasteiger partial charge in [-0.2, -0.15) is 0 Å². The summed E-state index contributed by atoms with van der Waals surface area (Å²) in [4.78, 5) is 26.7. The zero-order chi connectivity index (χ0) is 22.0. The van der Waals surface area contributed by atoms with Crippen LogP contribution in [0, 0.1) is 6.92 Å². The first-order valence-corrected chi connectivity index (χ1v) is 9.84. The number of aliphatic carboxylic acids is 1. The number of primary amides is 1. The molecule has 0 atom stereocenters. The maximum Gasteiger partial charge on any atom is 0.248 e. The number of hydrogen-bond donors (Lipinski definition) is 1. The fourth-order valence-corrected chi connectivity index (χ4v) is 3.69. The lowest BCUT2D eigenvalue weighted by Gasteiger charge is -2.17. The van der Waals surface area contributed by atoms with Crippen LogP contribution in [0.15, 0.2) is 73.3 Å². The number of nitrogens with zero attached hydrogens (tertiary/aromatic N) is 3. The van der Waals surface area contributed by atoms with E-state index in [1.807, 2.05) is 64.7 Å². The molecule has 0 bridgehead atoms. The summed E-state index contributed by atoms with van der Waals surface area (Å²) < 4.78 is 3.94. The first-order valence-electron chi connectivity index (χ1n) is 9.84. The highest BCUT2D eigenvalue weighted by atomic mass is 16.4. The predicted octanol–water partition coefficient (Wildman–Crippen LogP) is 2.42. The topological polar surface area (TPSA) is 106 Å². The molecule has 0 aliphatic carbocycles. The summed E-state index contributed by atoms with van der Waals surface area (Å²) in [7, 11) is 0. The Morgan fingerprint density at radius 2 is 1.84 bits per heavy atom. The van der Waals surface area contributed by atoms with Gasteiger partial charge >= 0.3 is 0 Å². The van der Waals surface area contributed by atoms with E-state index >= 15 is 0 Å². The van der Waals surface area contributed by atoms with E-state index in [4.69, 9.17) is 5.73 Å². The highest BCUT2D eigenvalue weighted by Gasteiger charge is 2.15. The van der Waals surface area contributed by atoms with Crippen molar-refractivity contribution in [3.05, 3.63) is 90.1 Å². The van der Waals surface area contributed by atoms with Gasteiger partial charge in [0, 0.05) is 41.0 Å². The van der Waals surface area contributed by atoms with Crippen molar-refractivity contribution in [3.63, 3.8) is 0 Å². The van der Waals surface area contributed by atoms with Gasteiger partial charge in [-0.05, 0) is 73.4 Å². The summed E-state index contributed by atoms with van der Waals surface area (Å²) in [5.74, 6) is -1.59. The standard InChI is InChI=1S/C24H22N4O3/c1-16-14-18(24(25)31)4-9-21(16)28-20(8-11-23(29)30)7-10-22(28)17-2-5-19(6-3-17)27-13-12-26-15-27/h2-7,9-10,12-15H,8,11H2,1H3,(H2,25,31)(H,29,30)/p-1. The summed E-state index contributed by atoms with van der Waals surface area (Å²) in [5.41, 5.74) is 11.3. The third kappa shape index (κ3) is 4.11. The van der Waals surface area contributed by atoms with E-state index < -0.39 is 11.9 Å². The summed E-state index contributed by atoms with van der Waals surface area (Å²) in [6.07, 6.45) is 5.58. The van der Waals surface area contributed by atoms with Crippen molar-refractivity contribution in [2.45, 2.75) is 19.8 Å². The van der Waals surface area contributed by atoms with Gasteiger partial charge < -0.3 is 24.8 Å². The van der Waals surface area contributed by atoms with Crippen LogP contribution >= 0.6 is 0 Å². The number of carbonyl (C=O) groups is 2. The van der Waals surface area contributed by atoms with Crippen molar-refractivity contribution in [2.75, 3.05) is 0 Å². The van der Waals surface area contributed by atoms with E-state index in [1.54, 1.807) is 24.7 Å². The quantitative estimate of drug-likeness (QED) is 0.502. The predicted molar refractivity (Wildman–Crippen MR) is 115 cm³/mol. The number of rotatable bonds is 7. The molecular weight excluding hydrogens is 392 g/mol. The second-order valence-electron chi connectivity index (χ2n) is 7.30. The summed E-state index contributed by atoms with van der Waals surface area (Å²) in [6.45, 7) is 1.90. The van der Waals surface area contributed by atoms with Gasteiger partial charge in [0.05, 0.1) is 12.0 Å². The Kier molecular flexibility index (Phi) is 5.41. The number of nitrogens with two attached hydrogens (primary N) is 1. The van der Waals surface area contributed by atoms with E-state index in [0.717, 1.165) is 33.9 Å². The molecular formula is C24H21N4O3-. The maximum absolute atomic E-state index is 11.5. The fourth-order valence-electron chi connectivity index (χ4n) is 3.69. The number of carboxylic acids is 1. The zero-order valence-corrected chi connectivity index (χ0v) is 17.0. The second kappa shape index (κ2) is 8.31. The molecule has 2 heterocycles. The largest absolute Gasteiger partial charge is 0.550 e. The van der Waals surface area contributed by atoms with Crippen LogP contribution in [-0.4, -0.2) is 26.0 Å². The van der Waals surface area contributed by atoms with Crippen molar-refractivity contribution in [2.24, 2.45) is 5.73 Å². The maximum atomic E-state index is 11.5. The third-order valence-corrected chi connectivity index (χ3v) is 5.23. The minimum Gasteiger partial charge on any atom is -0.550 e. The smallest absolute Gasteiger partial charge is 0.248 e. The van der Waals surface area contributed by atoms with Crippen molar-refractivity contribution < 1.29 is 14.7 Å². The molecule has 2 aromatic heterocycles. The highest BCUT2D eigenvalue weighted by molar-refractivity contribution is 5.93. The van der Waals surface area contributed by atoms with Gasteiger partial charge in [0.25, 0.3) is 0 Å². The number of aryl methyl sites for hydroxylation is 2. The Bertz CT molecular complexity index is 1240. The Hall–Kier alpha value is -4.13. The molecule has 7 nitrogen and oxygen atoms in total. The molecule has 7 heteroatoms. The molecule has 2 aromatic carbocycles. The normalized spacial score (nSPS) is 10.9. The lowest BCUT2D eigenvalue weighted by Crippen LogP contribution is -2.22. The number of benzene rings is 2. The van der Waals surface area contributed by atoms with Crippen molar-refractivity contribution in [3.8, 4) is 22.6 Å². The number of carboxylic acid groups (broad SMARTS) is 1. The van der Waals surface area contributed by atoms with E-state index in [0.29, 0.717) is 12.0 Å². The molecule has 0 aliphatic rings. The van der Waals surface area contributed by atoms with E-state index in [-0.39, 0.29) is 6.42 Å². The first-order chi connectivity index (χ1) is 14.9. The zero-order valence-electron chi connectivity index (χ0n) is 17.0. The van der Waals surface area contributed by atoms with Crippen LogP contribution in [0.1, 0.15) is 28.0 Å². The molecule has 4 rings (SSSR count). The second-order valence-corrected chi connectivity index (χ2v) is 7.30. The molecule has 0 saturated carbocycles. The van der Waals surface area contributed by atoms with Crippen molar-refractivity contribution >= 4 is 11.9 Å². The van der Waals surface area contributed by atoms with Crippen LogP contribution in [0.4, 0.5) is 0 Å². The summed E-state index contributed by atoms with van der Waals surface area (Å²) in [5, 5.41) is 11.1. The van der Waals surface area contributed by atoms with E-state index in [1.165, 1.54) is 0 Å². The highest BCUT2D eigenvalue weighted by Crippen LogP contribution is 2.30. The van der Waals surface area contributed by atoms with Gasteiger partial charge in [-0.15, -0.1) is 0 Å². The van der Waals surface area contributed by atoms with Crippen LogP contribution in [-0.2, 0) is 11.2 Å². The molecule has 0 unspecified atom stereocenters. The first kappa shape index (κ1) is 20.2. The van der Waals surface area contributed by atoms with Gasteiger partial charge in [-0.1, -0.05) is 12.1 Å². The van der Waals surface area contributed by atoms with Gasteiger partial charge in [0.15, 0.2) is 0 Å². The summed E-state index contributed by atoms with van der Waals surface area (Å²) >= 11 is 0. The molecule has 0 fully saturated rings. The monoisotopic (exact) mass is 413 g/mol. The average Bonchev–Trinajstić information content (AvgIpc) is 3.42. The van der Waals surface area contributed by atoms with E-state index in [2.05, 4.69) is 4.98 Å². The lowest BCUT2D eigenvalue weighted by molar-refractivity contribution is -0.305. The molecule has 156 valence electrons. The van der Waals surface area contributed by atoms with E-state index in [9.17, 15) is 14.7 Å². The van der Waals surface area contributed by atoms with Crippen LogP contribution in [0.3, 0.4) is 0 Å². The van der Waals surface area contributed by atoms with Crippen LogP contribution in [0.5, 0.6) is 0 Å². The van der Waals surface area contributed by atoms with Gasteiger partial charge in [-0.3, -0.25) is 4.79 Å². The number of amides is 1. The van der Waals surface area contributed by atoms with Crippen molar-refractivity contribution in [1.82, 2.24) is 14.1 Å². The van der Waals surface area contributed by atoms with Gasteiger partial charge in [-0.25, -0.2) is 4.98 Å². The minimum atomic E-state index is -1.10. The third-order valence-electron chi connectivity index (χ3n) is 5.23. The van der Waals surface area contributed by atoms with Gasteiger partial charge in [0.2, 0.25) is 5.91 Å². The summed E-state index contributed by atoms with van der Waals surface area (Å²) in [6, 6.07) is 17.2. The number of hydrogen-bond acceptors (Lipinski definition) is 4. The number of carbonyl (C=O) groups excluding carboxylic acids is 2. The number of aromatic nitrogens is 3. The molecule has 2 N–H and O–H groups in total.